The summed E-state index contributed by atoms with van der Waals surface area (Å²) in [4.78, 5) is 21.2. The lowest BCUT2D eigenvalue weighted by atomic mass is 9.94. The lowest BCUT2D eigenvalue weighted by Crippen LogP contribution is -2.51. The first-order chi connectivity index (χ1) is 16.8. The van der Waals surface area contributed by atoms with Gasteiger partial charge in [-0.2, -0.15) is 13.2 Å². The van der Waals surface area contributed by atoms with Gasteiger partial charge in [0.2, 0.25) is 0 Å². The summed E-state index contributed by atoms with van der Waals surface area (Å²) in [6.45, 7) is 5.24. The number of hydrogen-bond donors (Lipinski definition) is 1. The van der Waals surface area contributed by atoms with E-state index in [1.807, 2.05) is 6.92 Å². The summed E-state index contributed by atoms with van der Waals surface area (Å²) in [5, 5.41) is 2.92. The smallest absolute Gasteiger partial charge is 0.418 e. The molecule has 3 aromatic heterocycles. The monoisotopic (exact) mass is 526 g/mol. The van der Waals surface area contributed by atoms with Gasteiger partial charge in [-0.15, -0.1) is 0 Å². The number of hydrogen-bond acceptors (Lipinski definition) is 7. The Morgan fingerprint density at radius 3 is 2.58 bits per heavy atom. The van der Waals surface area contributed by atoms with E-state index in [1.165, 1.54) is 0 Å². The Morgan fingerprint density at radius 2 is 1.94 bits per heavy atom. The number of carbonyl (C=O) groups excluding carboxylic acids is 1. The molecule has 13 heteroatoms. The van der Waals surface area contributed by atoms with Gasteiger partial charge in [-0.25, -0.2) is 18.4 Å². The number of alkyl halides is 3. The molecule has 3 aromatic rings. The van der Waals surface area contributed by atoms with Crippen molar-refractivity contribution >= 4 is 21.4 Å². The number of ether oxygens (including phenoxy) is 2. The van der Waals surface area contributed by atoms with Gasteiger partial charge in [0.1, 0.15) is 26.9 Å². The molecule has 4 heterocycles. The first-order valence-corrected chi connectivity index (χ1v) is 13.0. The van der Waals surface area contributed by atoms with Crippen LogP contribution in [0, 0.1) is 6.92 Å². The molecule has 1 aliphatic heterocycles. The van der Waals surface area contributed by atoms with Crippen molar-refractivity contribution in [3.05, 3.63) is 47.5 Å². The fourth-order valence-corrected chi connectivity index (χ4v) is 5.63. The highest BCUT2D eigenvalue weighted by atomic mass is 32.2. The Morgan fingerprint density at radius 1 is 1.25 bits per heavy atom. The maximum Gasteiger partial charge on any atom is 0.418 e. The predicted molar refractivity (Wildman–Crippen MR) is 124 cm³/mol. The summed E-state index contributed by atoms with van der Waals surface area (Å²) in [6, 6.07) is 3.97. The molecule has 1 amide bonds. The molecular formula is C23H25F3N4O5S. The van der Waals surface area contributed by atoms with Crippen LogP contribution in [0.4, 0.5) is 13.2 Å². The lowest BCUT2D eigenvalue weighted by molar-refractivity contribution is -0.138. The SMILES string of the molecule is CCOc1cc(C(F)(F)F)cnc1Oc1ccc2nc(C(=O)NC3(C)CCS(=O)(=O)CC3)c(C)n2c1. The Labute approximate surface area is 205 Å². The number of fused-ring (bicyclic) bond motifs is 1. The molecule has 0 saturated carbocycles. The van der Waals surface area contributed by atoms with E-state index in [2.05, 4.69) is 15.3 Å². The summed E-state index contributed by atoms with van der Waals surface area (Å²) in [7, 11) is -3.08. The third-order valence-electron chi connectivity index (χ3n) is 6.05. The van der Waals surface area contributed by atoms with E-state index in [0.717, 1.165) is 6.07 Å². The predicted octanol–water partition coefficient (Wildman–Crippen LogP) is 3.94. The van der Waals surface area contributed by atoms with Crippen LogP contribution in [0.2, 0.25) is 0 Å². The third kappa shape index (κ3) is 5.40. The molecule has 0 aliphatic carbocycles. The van der Waals surface area contributed by atoms with Crippen LogP contribution in [-0.4, -0.2) is 52.3 Å². The molecule has 0 atom stereocenters. The maximum absolute atomic E-state index is 13.1. The molecule has 0 unspecified atom stereocenters. The van der Waals surface area contributed by atoms with Gasteiger partial charge in [0.25, 0.3) is 11.8 Å². The number of nitrogens with zero attached hydrogens (tertiary/aromatic N) is 3. The zero-order chi connectivity index (χ0) is 26.3. The number of rotatable bonds is 6. The van der Waals surface area contributed by atoms with Crippen LogP contribution in [0.1, 0.15) is 48.4 Å². The highest BCUT2D eigenvalue weighted by Crippen LogP contribution is 2.36. The van der Waals surface area contributed by atoms with Crippen molar-refractivity contribution in [3.8, 4) is 17.4 Å². The van der Waals surface area contributed by atoms with E-state index in [4.69, 9.17) is 9.47 Å². The summed E-state index contributed by atoms with van der Waals surface area (Å²) in [6.07, 6.45) is -1.75. The van der Waals surface area contributed by atoms with Crippen LogP contribution in [0.3, 0.4) is 0 Å². The highest BCUT2D eigenvalue weighted by molar-refractivity contribution is 7.91. The van der Waals surface area contributed by atoms with Crippen LogP contribution >= 0.6 is 0 Å². The fourth-order valence-electron chi connectivity index (χ4n) is 3.90. The van der Waals surface area contributed by atoms with E-state index in [0.29, 0.717) is 30.4 Å². The minimum absolute atomic E-state index is 0.0103. The lowest BCUT2D eigenvalue weighted by Gasteiger charge is -2.34. The minimum atomic E-state index is -4.58. The number of carbonyl (C=O) groups is 1. The average Bonchev–Trinajstić information content (AvgIpc) is 3.13. The van der Waals surface area contributed by atoms with Crippen molar-refractivity contribution in [2.75, 3.05) is 18.1 Å². The van der Waals surface area contributed by atoms with Gasteiger partial charge in [0.05, 0.1) is 35.6 Å². The van der Waals surface area contributed by atoms with Crippen LogP contribution in [-0.2, 0) is 16.0 Å². The van der Waals surface area contributed by atoms with Crippen LogP contribution < -0.4 is 14.8 Å². The summed E-state index contributed by atoms with van der Waals surface area (Å²) in [5.41, 5.74) is -0.496. The van der Waals surface area contributed by atoms with Gasteiger partial charge in [-0.1, -0.05) is 0 Å². The van der Waals surface area contributed by atoms with Gasteiger partial charge in [-0.05, 0) is 51.8 Å². The quantitative estimate of drug-likeness (QED) is 0.518. The van der Waals surface area contributed by atoms with Crippen molar-refractivity contribution in [1.82, 2.24) is 19.7 Å². The first kappa shape index (κ1) is 25.7. The van der Waals surface area contributed by atoms with E-state index in [9.17, 15) is 26.4 Å². The molecule has 1 saturated heterocycles. The molecular weight excluding hydrogens is 501 g/mol. The number of halogens is 3. The Hall–Kier alpha value is -3.35. The van der Waals surface area contributed by atoms with E-state index in [-0.39, 0.29) is 41.2 Å². The second-order valence-electron chi connectivity index (χ2n) is 8.87. The number of aryl methyl sites for hydroxylation is 1. The number of imidazole rings is 1. The molecule has 0 aromatic carbocycles. The summed E-state index contributed by atoms with van der Waals surface area (Å²) < 4.78 is 75.3. The molecule has 0 radical (unpaired) electrons. The molecule has 0 bridgehead atoms. The summed E-state index contributed by atoms with van der Waals surface area (Å²) >= 11 is 0. The Kier molecular flexibility index (Phi) is 6.62. The largest absolute Gasteiger partial charge is 0.488 e. The number of pyridine rings is 2. The van der Waals surface area contributed by atoms with Crippen molar-refractivity contribution in [3.63, 3.8) is 0 Å². The number of nitrogens with one attached hydrogen (secondary N) is 1. The Balaban J connectivity index is 1.58. The molecule has 36 heavy (non-hydrogen) atoms. The standard InChI is InChI=1S/C23H25F3N4O5S/c1-4-34-17-11-15(23(24,25)26)12-27-21(17)35-16-5-6-18-28-19(14(2)30(18)13-16)20(31)29-22(3)7-9-36(32,33)10-8-22/h5-6,11-13H,4,7-10H2,1-3H3,(H,29,31). The molecule has 0 spiro atoms. The number of aromatic nitrogens is 3. The molecule has 1 fully saturated rings. The number of amides is 1. The van der Waals surface area contributed by atoms with Crippen LogP contribution in [0.25, 0.3) is 5.65 Å². The highest BCUT2D eigenvalue weighted by Gasteiger charge is 2.36. The van der Waals surface area contributed by atoms with Gasteiger partial charge >= 0.3 is 6.18 Å². The van der Waals surface area contributed by atoms with Gasteiger partial charge in [-0.3, -0.25) is 9.20 Å². The fraction of sp³-hybridized carbons (Fsp3) is 0.435. The van der Waals surface area contributed by atoms with Crippen molar-refractivity contribution in [1.29, 1.82) is 0 Å². The van der Waals surface area contributed by atoms with Crippen LogP contribution in [0.15, 0.2) is 30.6 Å². The number of sulfone groups is 1. The van der Waals surface area contributed by atoms with Gasteiger partial charge in [0, 0.05) is 11.7 Å². The third-order valence-corrected chi connectivity index (χ3v) is 7.70. The van der Waals surface area contributed by atoms with Crippen molar-refractivity contribution < 1.29 is 35.9 Å². The first-order valence-electron chi connectivity index (χ1n) is 11.2. The summed E-state index contributed by atoms with van der Waals surface area (Å²) in [5.74, 6) is -0.457. The normalized spacial score (nSPS) is 17.1. The van der Waals surface area contributed by atoms with Crippen molar-refractivity contribution in [2.45, 2.75) is 45.3 Å². The second-order valence-corrected chi connectivity index (χ2v) is 11.2. The molecule has 4 rings (SSSR count). The van der Waals surface area contributed by atoms with Crippen molar-refractivity contribution in [2.24, 2.45) is 0 Å². The zero-order valence-electron chi connectivity index (χ0n) is 19.8. The van der Waals surface area contributed by atoms with E-state index >= 15 is 0 Å². The molecule has 1 aliphatic rings. The van der Waals surface area contributed by atoms with Crippen LogP contribution in [0.5, 0.6) is 17.4 Å². The topological polar surface area (TPSA) is 112 Å². The molecule has 9 nitrogen and oxygen atoms in total. The Bertz CT molecular complexity index is 1410. The molecule has 1 N–H and O–H groups in total. The minimum Gasteiger partial charge on any atom is -0.488 e. The molecule has 194 valence electrons. The zero-order valence-corrected chi connectivity index (χ0v) is 20.7. The van der Waals surface area contributed by atoms with E-state index in [1.54, 1.807) is 36.6 Å². The van der Waals surface area contributed by atoms with E-state index < -0.39 is 33.0 Å². The van der Waals surface area contributed by atoms with Gasteiger partial charge < -0.3 is 14.8 Å². The average molecular weight is 527 g/mol. The maximum atomic E-state index is 13.1. The second kappa shape index (κ2) is 9.26. The van der Waals surface area contributed by atoms with Gasteiger partial charge in [0.15, 0.2) is 5.75 Å².